The van der Waals surface area contributed by atoms with Gasteiger partial charge in [0.05, 0.1) is 13.2 Å². The molecule has 1 heterocycles. The fourth-order valence-corrected chi connectivity index (χ4v) is 3.25. The summed E-state index contributed by atoms with van der Waals surface area (Å²) in [6.45, 7) is 3.69. The third-order valence-electron chi connectivity index (χ3n) is 4.28. The zero-order chi connectivity index (χ0) is 16.5. The molecule has 5 nitrogen and oxygen atoms in total. The first-order valence-electron chi connectivity index (χ1n) is 7.96. The van der Waals surface area contributed by atoms with Gasteiger partial charge in [0.25, 0.3) is 0 Å². The molecule has 23 heavy (non-hydrogen) atoms. The van der Waals surface area contributed by atoms with Crippen molar-refractivity contribution in [1.29, 1.82) is 0 Å². The summed E-state index contributed by atoms with van der Waals surface area (Å²) in [4.78, 5) is 12.0. The lowest BCUT2D eigenvalue weighted by atomic mass is 9.74. The Morgan fingerprint density at radius 3 is 2.87 bits per heavy atom. The Kier molecular flexibility index (Phi) is 7.49. The highest BCUT2D eigenvalue weighted by atomic mass is 79.9. The van der Waals surface area contributed by atoms with Crippen molar-refractivity contribution in [3.8, 4) is 0 Å². The van der Waals surface area contributed by atoms with E-state index < -0.39 is 0 Å². The molecule has 1 amide bonds. The largest absolute Gasteiger partial charge is 0.383 e. The predicted molar refractivity (Wildman–Crippen MR) is 93.6 cm³/mol. The Hall–Kier alpha value is -0.950. The smallest absolute Gasteiger partial charge is 0.233 e. The maximum absolute atomic E-state index is 12.0. The van der Waals surface area contributed by atoms with E-state index in [1.54, 1.807) is 7.11 Å². The van der Waals surface area contributed by atoms with Gasteiger partial charge in [-0.25, -0.2) is 0 Å². The number of benzene rings is 1. The quantitative estimate of drug-likeness (QED) is 0.671. The Bertz CT molecular complexity index is 504. The van der Waals surface area contributed by atoms with Gasteiger partial charge < -0.3 is 20.1 Å². The molecule has 2 N–H and O–H groups in total. The van der Waals surface area contributed by atoms with E-state index in [4.69, 9.17) is 9.47 Å². The summed E-state index contributed by atoms with van der Waals surface area (Å²) in [6, 6.07) is 8.35. The van der Waals surface area contributed by atoms with E-state index in [1.165, 1.54) is 5.56 Å². The van der Waals surface area contributed by atoms with Crippen LogP contribution in [-0.4, -0.2) is 52.5 Å². The molecule has 1 fully saturated rings. The third-order valence-corrected chi connectivity index (χ3v) is 4.77. The van der Waals surface area contributed by atoms with Crippen molar-refractivity contribution >= 4 is 21.8 Å². The van der Waals surface area contributed by atoms with Gasteiger partial charge in [-0.3, -0.25) is 4.79 Å². The summed E-state index contributed by atoms with van der Waals surface area (Å²) in [7, 11) is 1.65. The molecule has 0 unspecified atom stereocenters. The molecular formula is C17H25BrN2O3. The van der Waals surface area contributed by atoms with E-state index in [1.807, 2.05) is 12.1 Å². The zero-order valence-electron chi connectivity index (χ0n) is 13.6. The van der Waals surface area contributed by atoms with Crippen LogP contribution in [0.25, 0.3) is 0 Å². The number of carbonyl (C=O) groups excluding carboxylic acids is 1. The molecule has 0 atom stereocenters. The summed E-state index contributed by atoms with van der Waals surface area (Å²) >= 11 is 3.54. The molecule has 1 aromatic carbocycles. The van der Waals surface area contributed by atoms with Gasteiger partial charge in [-0.15, -0.1) is 0 Å². The molecule has 1 aromatic rings. The highest BCUT2D eigenvalue weighted by Crippen LogP contribution is 2.35. The highest BCUT2D eigenvalue weighted by Gasteiger charge is 2.34. The molecule has 0 saturated carbocycles. The van der Waals surface area contributed by atoms with E-state index in [0.717, 1.165) is 30.5 Å². The van der Waals surface area contributed by atoms with Crippen molar-refractivity contribution in [1.82, 2.24) is 10.6 Å². The van der Waals surface area contributed by atoms with Gasteiger partial charge in [0.15, 0.2) is 0 Å². The van der Waals surface area contributed by atoms with Gasteiger partial charge in [0.1, 0.15) is 0 Å². The fraction of sp³-hybridized carbons (Fsp3) is 0.588. The molecule has 0 spiro atoms. The third kappa shape index (κ3) is 5.57. The predicted octanol–water partition coefficient (Wildman–Crippen LogP) is 1.85. The Labute approximate surface area is 146 Å². The Morgan fingerprint density at radius 1 is 1.39 bits per heavy atom. The van der Waals surface area contributed by atoms with Crippen LogP contribution >= 0.6 is 15.9 Å². The standard InChI is InChI=1S/C17H25BrN2O3/c1-22-10-7-19-12-16(21)20-13-17(5-8-23-9-6-17)14-3-2-4-15(18)11-14/h2-4,11,19H,5-10,12-13H2,1H3,(H,20,21). The number of rotatable bonds is 8. The van der Waals surface area contributed by atoms with Crippen LogP contribution in [0.5, 0.6) is 0 Å². The first kappa shape index (κ1) is 18.4. The van der Waals surface area contributed by atoms with E-state index in [2.05, 4.69) is 38.7 Å². The first-order valence-corrected chi connectivity index (χ1v) is 8.76. The van der Waals surface area contributed by atoms with Crippen LogP contribution in [0.1, 0.15) is 18.4 Å². The lowest BCUT2D eigenvalue weighted by molar-refractivity contribution is -0.120. The number of hydrogen-bond donors (Lipinski definition) is 2. The van der Waals surface area contributed by atoms with E-state index in [-0.39, 0.29) is 11.3 Å². The zero-order valence-corrected chi connectivity index (χ0v) is 15.2. The molecule has 0 aliphatic carbocycles. The molecule has 1 saturated heterocycles. The van der Waals surface area contributed by atoms with E-state index >= 15 is 0 Å². The van der Waals surface area contributed by atoms with Gasteiger partial charge >= 0.3 is 0 Å². The fourth-order valence-electron chi connectivity index (χ4n) is 2.85. The van der Waals surface area contributed by atoms with Crippen LogP contribution in [0.3, 0.4) is 0 Å². The number of carbonyl (C=O) groups is 1. The van der Waals surface area contributed by atoms with Crippen LogP contribution in [0.2, 0.25) is 0 Å². The number of ether oxygens (including phenoxy) is 2. The van der Waals surface area contributed by atoms with Crippen LogP contribution in [-0.2, 0) is 19.7 Å². The topological polar surface area (TPSA) is 59.6 Å². The summed E-state index contributed by atoms with van der Waals surface area (Å²) < 4.78 is 11.5. The average molecular weight is 385 g/mol. The van der Waals surface area contributed by atoms with E-state index in [9.17, 15) is 4.79 Å². The molecule has 128 valence electrons. The lowest BCUT2D eigenvalue weighted by Crippen LogP contribution is -2.46. The number of methoxy groups -OCH3 is 1. The maximum atomic E-state index is 12.0. The van der Waals surface area contributed by atoms with Crippen molar-refractivity contribution in [2.45, 2.75) is 18.3 Å². The number of nitrogens with one attached hydrogen (secondary N) is 2. The average Bonchev–Trinajstić information content (AvgIpc) is 2.58. The summed E-state index contributed by atoms with van der Waals surface area (Å²) in [5.74, 6) is 0.0157. The number of amides is 1. The highest BCUT2D eigenvalue weighted by molar-refractivity contribution is 9.10. The van der Waals surface area contributed by atoms with Crippen molar-refractivity contribution in [2.75, 3.05) is 46.6 Å². The molecule has 1 aliphatic heterocycles. The Balaban J connectivity index is 1.95. The van der Waals surface area contributed by atoms with Gasteiger partial charge in [-0.1, -0.05) is 28.1 Å². The van der Waals surface area contributed by atoms with Gasteiger partial charge in [0.2, 0.25) is 5.91 Å². The van der Waals surface area contributed by atoms with Gasteiger partial charge in [0, 0.05) is 43.3 Å². The minimum atomic E-state index is -0.0514. The van der Waals surface area contributed by atoms with Crippen molar-refractivity contribution in [3.63, 3.8) is 0 Å². The van der Waals surface area contributed by atoms with Crippen molar-refractivity contribution in [3.05, 3.63) is 34.3 Å². The van der Waals surface area contributed by atoms with Crippen molar-refractivity contribution in [2.24, 2.45) is 0 Å². The minimum absolute atomic E-state index is 0.0157. The first-order chi connectivity index (χ1) is 11.2. The summed E-state index contributed by atoms with van der Waals surface area (Å²) in [5.41, 5.74) is 1.20. The molecule has 6 heteroatoms. The maximum Gasteiger partial charge on any atom is 0.233 e. The second kappa shape index (κ2) is 9.37. The number of hydrogen-bond acceptors (Lipinski definition) is 4. The van der Waals surface area contributed by atoms with Crippen LogP contribution < -0.4 is 10.6 Å². The Morgan fingerprint density at radius 2 is 2.17 bits per heavy atom. The second-order valence-corrected chi connectivity index (χ2v) is 6.77. The van der Waals surface area contributed by atoms with Gasteiger partial charge in [-0.05, 0) is 30.5 Å². The normalized spacial score (nSPS) is 17.0. The monoisotopic (exact) mass is 384 g/mol. The van der Waals surface area contributed by atoms with Gasteiger partial charge in [-0.2, -0.15) is 0 Å². The molecule has 0 radical (unpaired) electrons. The minimum Gasteiger partial charge on any atom is -0.383 e. The molecule has 2 rings (SSSR count). The molecular weight excluding hydrogens is 360 g/mol. The molecule has 0 aromatic heterocycles. The SMILES string of the molecule is COCCNCC(=O)NCC1(c2cccc(Br)c2)CCOCC1. The van der Waals surface area contributed by atoms with Crippen LogP contribution in [0.4, 0.5) is 0 Å². The van der Waals surface area contributed by atoms with E-state index in [0.29, 0.717) is 26.2 Å². The van der Waals surface area contributed by atoms with Crippen LogP contribution in [0.15, 0.2) is 28.7 Å². The second-order valence-electron chi connectivity index (χ2n) is 5.85. The molecule has 1 aliphatic rings. The van der Waals surface area contributed by atoms with Crippen LogP contribution in [0, 0.1) is 0 Å². The lowest BCUT2D eigenvalue weighted by Gasteiger charge is -2.38. The summed E-state index contributed by atoms with van der Waals surface area (Å²) in [5, 5.41) is 6.14. The molecule has 0 bridgehead atoms. The summed E-state index contributed by atoms with van der Waals surface area (Å²) in [6.07, 6.45) is 1.83. The van der Waals surface area contributed by atoms with Crippen molar-refractivity contribution < 1.29 is 14.3 Å². The number of halogens is 1.